The Balaban J connectivity index is 2.35. The smallest absolute Gasteiger partial charge is 0.225 e. The molecule has 2 atom stereocenters. The van der Waals surface area contributed by atoms with Gasteiger partial charge < -0.3 is 24.8 Å². The number of nitrogens with one attached hydrogen (secondary N) is 1. The highest BCUT2D eigenvalue weighted by Gasteiger charge is 2.41. The molecule has 2 rings (SSSR count). The van der Waals surface area contributed by atoms with Gasteiger partial charge in [-0.15, -0.1) is 0 Å². The van der Waals surface area contributed by atoms with E-state index in [-0.39, 0.29) is 18.4 Å². The average molecular weight is 392 g/mol. The van der Waals surface area contributed by atoms with Gasteiger partial charge in [0.2, 0.25) is 11.8 Å². The highest BCUT2D eigenvalue weighted by Crippen LogP contribution is 2.40. The molecule has 1 aliphatic heterocycles. The van der Waals surface area contributed by atoms with Crippen LogP contribution in [0.1, 0.15) is 38.3 Å². The standard InChI is InChI=1S/C21H32N2O5/c1-21(2,14-24)13-22-20(26)16-9-10-18(25)23(11-12-27-3)19(16)15-7-5-6-8-17(15)28-4/h5-8,16,19,24H,9-14H2,1-4H3,(H,22,26)/t16-,19+/m1/s1. The number of hydrogen-bond acceptors (Lipinski definition) is 5. The van der Waals surface area contributed by atoms with Gasteiger partial charge in [-0.3, -0.25) is 9.59 Å². The third-order valence-corrected chi connectivity index (χ3v) is 5.21. The average Bonchev–Trinajstić information content (AvgIpc) is 2.71. The molecule has 1 saturated heterocycles. The van der Waals surface area contributed by atoms with E-state index in [9.17, 15) is 14.7 Å². The maximum atomic E-state index is 13.1. The van der Waals surface area contributed by atoms with E-state index in [0.717, 1.165) is 5.56 Å². The second kappa shape index (κ2) is 9.89. The summed E-state index contributed by atoms with van der Waals surface area (Å²) in [5.74, 6) is 0.137. The monoisotopic (exact) mass is 392 g/mol. The molecule has 1 heterocycles. The fourth-order valence-corrected chi connectivity index (χ4v) is 3.49. The summed E-state index contributed by atoms with van der Waals surface area (Å²) < 4.78 is 10.7. The first-order valence-corrected chi connectivity index (χ1v) is 9.64. The summed E-state index contributed by atoms with van der Waals surface area (Å²) >= 11 is 0. The van der Waals surface area contributed by atoms with Crippen LogP contribution < -0.4 is 10.1 Å². The number of carbonyl (C=O) groups is 2. The van der Waals surface area contributed by atoms with Crippen molar-refractivity contribution in [1.29, 1.82) is 0 Å². The van der Waals surface area contributed by atoms with Crippen LogP contribution in [0.15, 0.2) is 24.3 Å². The van der Waals surface area contributed by atoms with E-state index in [1.165, 1.54) is 0 Å². The van der Waals surface area contributed by atoms with Crippen LogP contribution in [0, 0.1) is 11.3 Å². The highest BCUT2D eigenvalue weighted by molar-refractivity contribution is 5.85. The number of nitrogens with zero attached hydrogens (tertiary/aromatic N) is 1. The number of carbonyl (C=O) groups excluding carboxylic acids is 2. The summed E-state index contributed by atoms with van der Waals surface area (Å²) in [5.41, 5.74) is 0.409. The van der Waals surface area contributed by atoms with Gasteiger partial charge in [0.05, 0.1) is 25.7 Å². The topological polar surface area (TPSA) is 88.1 Å². The molecule has 156 valence electrons. The van der Waals surface area contributed by atoms with E-state index in [2.05, 4.69) is 5.32 Å². The van der Waals surface area contributed by atoms with Gasteiger partial charge in [0.25, 0.3) is 0 Å². The summed E-state index contributed by atoms with van der Waals surface area (Å²) in [7, 11) is 3.18. The number of piperidine rings is 1. The van der Waals surface area contributed by atoms with Crippen LogP contribution in [0.2, 0.25) is 0 Å². The molecule has 0 spiro atoms. The summed E-state index contributed by atoms with van der Waals surface area (Å²) in [4.78, 5) is 27.5. The normalized spacial score (nSPS) is 20.2. The Labute approximate surface area is 167 Å². The molecule has 0 saturated carbocycles. The molecule has 2 amide bonds. The van der Waals surface area contributed by atoms with Crippen LogP contribution in [0.4, 0.5) is 0 Å². The van der Waals surface area contributed by atoms with Gasteiger partial charge in [-0.05, 0) is 12.5 Å². The number of rotatable bonds is 9. The molecule has 1 aromatic carbocycles. The van der Waals surface area contributed by atoms with E-state index in [1.54, 1.807) is 19.1 Å². The van der Waals surface area contributed by atoms with Crippen molar-refractivity contribution in [3.63, 3.8) is 0 Å². The molecule has 0 aliphatic carbocycles. The zero-order chi connectivity index (χ0) is 20.7. The summed E-state index contributed by atoms with van der Waals surface area (Å²) in [6, 6.07) is 7.07. The Bertz CT molecular complexity index is 677. The number of aliphatic hydroxyl groups is 1. The number of amides is 2. The molecular weight excluding hydrogens is 360 g/mol. The van der Waals surface area contributed by atoms with Crippen LogP contribution >= 0.6 is 0 Å². The molecule has 1 fully saturated rings. The molecule has 0 radical (unpaired) electrons. The van der Waals surface area contributed by atoms with E-state index < -0.39 is 17.4 Å². The predicted molar refractivity (Wildman–Crippen MR) is 106 cm³/mol. The zero-order valence-electron chi connectivity index (χ0n) is 17.2. The molecule has 1 aromatic rings. The maximum absolute atomic E-state index is 13.1. The minimum atomic E-state index is -0.426. The summed E-state index contributed by atoms with van der Waals surface area (Å²) in [6.07, 6.45) is 0.785. The van der Waals surface area contributed by atoms with Crippen molar-refractivity contribution < 1.29 is 24.2 Å². The van der Waals surface area contributed by atoms with Crippen LogP contribution in [0.3, 0.4) is 0 Å². The van der Waals surface area contributed by atoms with Crippen LogP contribution in [-0.2, 0) is 14.3 Å². The first kappa shape index (κ1) is 22.2. The largest absolute Gasteiger partial charge is 0.496 e. The SMILES string of the molecule is COCCN1C(=O)CC[C@@H](C(=O)NCC(C)(C)CO)[C@@H]1c1ccccc1OC. The van der Waals surface area contributed by atoms with Gasteiger partial charge in [-0.1, -0.05) is 32.0 Å². The number of para-hydroxylation sites is 1. The van der Waals surface area contributed by atoms with Gasteiger partial charge in [0.1, 0.15) is 5.75 Å². The van der Waals surface area contributed by atoms with Crippen molar-refractivity contribution in [2.45, 2.75) is 32.7 Å². The van der Waals surface area contributed by atoms with Crippen LogP contribution in [0.5, 0.6) is 5.75 Å². The predicted octanol–water partition coefficient (Wildman–Crippen LogP) is 1.76. The van der Waals surface area contributed by atoms with E-state index in [0.29, 0.717) is 38.3 Å². The number of likely N-dealkylation sites (tertiary alicyclic amines) is 1. The van der Waals surface area contributed by atoms with Crippen LogP contribution in [-0.4, -0.2) is 62.3 Å². The number of aliphatic hydroxyl groups excluding tert-OH is 1. The Kier molecular flexibility index (Phi) is 7.83. The molecular formula is C21H32N2O5. The van der Waals surface area contributed by atoms with Gasteiger partial charge in [0, 0.05) is 44.2 Å². The van der Waals surface area contributed by atoms with Crippen molar-refractivity contribution in [1.82, 2.24) is 10.2 Å². The molecule has 28 heavy (non-hydrogen) atoms. The van der Waals surface area contributed by atoms with Crippen molar-refractivity contribution in [3.8, 4) is 5.75 Å². The fourth-order valence-electron chi connectivity index (χ4n) is 3.49. The number of benzene rings is 1. The van der Waals surface area contributed by atoms with Crippen LogP contribution in [0.25, 0.3) is 0 Å². The highest BCUT2D eigenvalue weighted by atomic mass is 16.5. The number of ether oxygens (including phenoxy) is 2. The Hall–Kier alpha value is -2.12. The minimum Gasteiger partial charge on any atom is -0.496 e. The number of methoxy groups -OCH3 is 2. The molecule has 0 aromatic heterocycles. The summed E-state index contributed by atoms with van der Waals surface area (Å²) in [6.45, 7) is 4.92. The lowest BCUT2D eigenvalue weighted by atomic mass is 9.82. The second-order valence-corrected chi connectivity index (χ2v) is 7.95. The molecule has 1 aliphatic rings. The molecule has 2 N–H and O–H groups in total. The van der Waals surface area contributed by atoms with Gasteiger partial charge in [-0.25, -0.2) is 0 Å². The Morgan fingerprint density at radius 1 is 1.32 bits per heavy atom. The van der Waals surface area contributed by atoms with Crippen molar-refractivity contribution in [2.24, 2.45) is 11.3 Å². The quantitative estimate of drug-likeness (QED) is 0.669. The Morgan fingerprint density at radius 3 is 2.68 bits per heavy atom. The molecule has 7 heteroatoms. The van der Waals surface area contributed by atoms with Crippen molar-refractivity contribution in [2.75, 3.05) is 40.5 Å². The Morgan fingerprint density at radius 2 is 2.04 bits per heavy atom. The van der Waals surface area contributed by atoms with E-state index in [4.69, 9.17) is 9.47 Å². The fraction of sp³-hybridized carbons (Fsp3) is 0.619. The first-order valence-electron chi connectivity index (χ1n) is 9.64. The van der Waals surface area contributed by atoms with Crippen molar-refractivity contribution in [3.05, 3.63) is 29.8 Å². The lowest BCUT2D eigenvalue weighted by molar-refractivity contribution is -0.144. The minimum absolute atomic E-state index is 0.00712. The second-order valence-electron chi connectivity index (χ2n) is 7.95. The number of hydrogen-bond donors (Lipinski definition) is 2. The maximum Gasteiger partial charge on any atom is 0.225 e. The third kappa shape index (κ3) is 5.23. The lowest BCUT2D eigenvalue weighted by Gasteiger charge is -2.41. The zero-order valence-corrected chi connectivity index (χ0v) is 17.2. The van der Waals surface area contributed by atoms with Crippen molar-refractivity contribution >= 4 is 11.8 Å². The van der Waals surface area contributed by atoms with E-state index >= 15 is 0 Å². The molecule has 7 nitrogen and oxygen atoms in total. The first-order chi connectivity index (χ1) is 13.3. The van der Waals surface area contributed by atoms with E-state index in [1.807, 2.05) is 38.1 Å². The van der Waals surface area contributed by atoms with Gasteiger partial charge >= 0.3 is 0 Å². The molecule has 0 unspecified atom stereocenters. The molecule has 0 bridgehead atoms. The summed E-state index contributed by atoms with van der Waals surface area (Å²) in [5, 5.41) is 12.4. The third-order valence-electron chi connectivity index (χ3n) is 5.21. The van der Waals surface area contributed by atoms with Gasteiger partial charge in [0.15, 0.2) is 0 Å². The lowest BCUT2D eigenvalue weighted by Crippen LogP contribution is -2.50. The van der Waals surface area contributed by atoms with Gasteiger partial charge in [-0.2, -0.15) is 0 Å².